The fraction of sp³-hybridized carbons (Fsp3) is 0.838. The molecule has 0 aliphatic carbocycles. The van der Waals surface area contributed by atoms with Crippen molar-refractivity contribution in [3.63, 3.8) is 0 Å². The summed E-state index contributed by atoms with van der Waals surface area (Å²) in [7, 11) is 4.05. The summed E-state index contributed by atoms with van der Waals surface area (Å²) in [6, 6.07) is 8.46. The van der Waals surface area contributed by atoms with Crippen LogP contribution in [0.15, 0.2) is 24.3 Å². The van der Waals surface area contributed by atoms with Crippen LogP contribution < -0.4 is 4.74 Å². The first-order valence-electron chi connectivity index (χ1n) is 18.3. The van der Waals surface area contributed by atoms with Gasteiger partial charge in [0.15, 0.2) is 0 Å². The van der Waals surface area contributed by atoms with Gasteiger partial charge in [-0.25, -0.2) is 0 Å². The number of likely N-dealkylation sites (N-methyl/N-ethyl adjacent to an activating group) is 1. The third-order valence-electron chi connectivity index (χ3n) is 7.15. The summed E-state index contributed by atoms with van der Waals surface area (Å²) < 4.78 is 55.3. The van der Waals surface area contributed by atoms with Crippen LogP contribution in [0.2, 0.25) is 0 Å². The van der Waals surface area contributed by atoms with Gasteiger partial charge >= 0.3 is 0 Å². The number of benzene rings is 1. The maximum Gasteiger partial charge on any atom is 0.119 e. The molecule has 0 radical (unpaired) electrons. The molecule has 1 rings (SSSR count). The van der Waals surface area contributed by atoms with Crippen molar-refractivity contribution in [3.05, 3.63) is 29.8 Å². The predicted octanol–water partition coefficient (Wildman–Crippen LogP) is 5.07. The molecule has 1 aromatic carbocycles. The minimum atomic E-state index is 0.523. The molecular formula is C37H69NO10. The van der Waals surface area contributed by atoms with Crippen molar-refractivity contribution in [1.82, 2.24) is 4.90 Å². The molecule has 0 aliphatic heterocycles. The van der Waals surface area contributed by atoms with E-state index < -0.39 is 0 Å². The topological polar surface area (TPSA) is 95.5 Å². The normalized spacial score (nSPS) is 11.6. The molecular weight excluding hydrogens is 618 g/mol. The van der Waals surface area contributed by atoms with Crippen molar-refractivity contribution in [1.29, 1.82) is 0 Å². The molecule has 0 bridgehead atoms. The van der Waals surface area contributed by atoms with Crippen LogP contribution in [0.5, 0.6) is 5.75 Å². The van der Waals surface area contributed by atoms with Crippen LogP contribution in [0.25, 0.3) is 0 Å². The summed E-state index contributed by atoms with van der Waals surface area (Å²) in [4.78, 5) is 2.09. The molecule has 0 aromatic heterocycles. The van der Waals surface area contributed by atoms with E-state index in [1.54, 1.807) is 0 Å². The van der Waals surface area contributed by atoms with Gasteiger partial charge in [0.2, 0.25) is 0 Å². The molecule has 282 valence electrons. The molecule has 11 nitrogen and oxygen atoms in total. The molecule has 0 aliphatic rings. The molecule has 0 unspecified atom stereocenters. The van der Waals surface area contributed by atoms with Gasteiger partial charge in [-0.05, 0) is 44.6 Å². The van der Waals surface area contributed by atoms with Crippen LogP contribution >= 0.6 is 0 Å². The summed E-state index contributed by atoms with van der Waals surface area (Å²) in [5, 5.41) is 0. The van der Waals surface area contributed by atoms with Crippen molar-refractivity contribution in [2.24, 2.45) is 0 Å². The monoisotopic (exact) mass is 687 g/mol. The Morgan fingerprint density at radius 1 is 0.396 bits per heavy atom. The molecule has 48 heavy (non-hydrogen) atoms. The van der Waals surface area contributed by atoms with Gasteiger partial charge in [-0.3, -0.25) is 0 Å². The Hall–Kier alpha value is -1.38. The largest absolute Gasteiger partial charge is 0.491 e. The van der Waals surface area contributed by atoms with Gasteiger partial charge in [0.1, 0.15) is 12.4 Å². The third-order valence-corrected chi connectivity index (χ3v) is 7.15. The van der Waals surface area contributed by atoms with Gasteiger partial charge in [-0.2, -0.15) is 0 Å². The van der Waals surface area contributed by atoms with E-state index in [2.05, 4.69) is 36.1 Å². The second kappa shape index (κ2) is 36.9. The van der Waals surface area contributed by atoms with Gasteiger partial charge in [-0.1, -0.05) is 57.6 Å². The van der Waals surface area contributed by atoms with Crippen LogP contribution in [-0.2, 0) is 49.1 Å². The predicted molar refractivity (Wildman–Crippen MR) is 190 cm³/mol. The first-order valence-corrected chi connectivity index (χ1v) is 18.3. The van der Waals surface area contributed by atoms with Crippen LogP contribution in [0, 0.1) is 0 Å². The van der Waals surface area contributed by atoms with Crippen molar-refractivity contribution in [3.8, 4) is 5.75 Å². The van der Waals surface area contributed by atoms with Gasteiger partial charge in [0, 0.05) is 6.54 Å². The quantitative estimate of drug-likeness (QED) is 0.0869. The van der Waals surface area contributed by atoms with E-state index in [0.717, 1.165) is 25.3 Å². The smallest absolute Gasteiger partial charge is 0.119 e. The zero-order valence-corrected chi connectivity index (χ0v) is 30.6. The van der Waals surface area contributed by atoms with Crippen LogP contribution in [0.4, 0.5) is 0 Å². The second-order valence-electron chi connectivity index (χ2n) is 11.7. The van der Waals surface area contributed by atoms with E-state index in [9.17, 15) is 0 Å². The van der Waals surface area contributed by atoms with Crippen LogP contribution in [0.1, 0.15) is 57.4 Å². The fourth-order valence-corrected chi connectivity index (χ4v) is 4.37. The number of nitrogens with zero attached hydrogens (tertiary/aromatic N) is 1. The highest BCUT2D eigenvalue weighted by Crippen LogP contribution is 2.15. The average Bonchev–Trinajstić information content (AvgIpc) is 3.09. The maximum atomic E-state index is 5.78. The number of rotatable bonds is 39. The standard InChI is InChI=1S/C37H69NO10/c1-4-5-6-7-8-9-10-11-36-12-14-37(15-13-36)48-35-34-47-33-32-46-31-30-45-29-28-44-27-26-43-25-24-42-23-22-41-21-20-40-19-18-39-17-16-38(2)3/h12-15H,4-11,16-35H2,1-3H3. The Morgan fingerprint density at radius 3 is 1.10 bits per heavy atom. The third kappa shape index (κ3) is 33.1. The first-order chi connectivity index (χ1) is 23.7. The van der Waals surface area contributed by atoms with E-state index in [1.165, 1.54) is 50.5 Å². The van der Waals surface area contributed by atoms with Crippen molar-refractivity contribution >= 4 is 0 Å². The Balaban J connectivity index is 1.70. The lowest BCUT2D eigenvalue weighted by Crippen LogP contribution is -2.19. The molecule has 0 fully saturated rings. The van der Waals surface area contributed by atoms with Gasteiger partial charge < -0.3 is 52.3 Å². The molecule has 0 heterocycles. The van der Waals surface area contributed by atoms with Crippen LogP contribution in [-0.4, -0.2) is 151 Å². The Morgan fingerprint density at radius 2 is 0.729 bits per heavy atom. The summed E-state index contributed by atoms with van der Waals surface area (Å²) in [5.41, 5.74) is 1.38. The van der Waals surface area contributed by atoms with Crippen molar-refractivity contribution in [2.45, 2.75) is 58.3 Å². The number of unbranched alkanes of at least 4 members (excludes halogenated alkanes) is 6. The van der Waals surface area contributed by atoms with E-state index in [0.29, 0.717) is 119 Å². The molecule has 0 amide bonds. The number of hydrogen-bond donors (Lipinski definition) is 0. The lowest BCUT2D eigenvalue weighted by molar-refractivity contribution is -0.0255. The Kier molecular flexibility index (Phi) is 34.3. The second-order valence-corrected chi connectivity index (χ2v) is 11.7. The lowest BCUT2D eigenvalue weighted by Gasteiger charge is -2.10. The molecule has 0 spiro atoms. The zero-order chi connectivity index (χ0) is 34.4. The highest BCUT2D eigenvalue weighted by molar-refractivity contribution is 5.27. The minimum Gasteiger partial charge on any atom is -0.491 e. The molecule has 11 heteroatoms. The first kappa shape index (κ1) is 44.6. The number of aryl methyl sites for hydroxylation is 1. The highest BCUT2D eigenvalue weighted by atomic mass is 16.6. The summed E-state index contributed by atoms with van der Waals surface area (Å²) in [5.74, 6) is 0.890. The van der Waals surface area contributed by atoms with Gasteiger partial charge in [0.25, 0.3) is 0 Å². The molecule has 0 N–H and O–H groups in total. The highest BCUT2D eigenvalue weighted by Gasteiger charge is 1.99. The van der Waals surface area contributed by atoms with E-state index in [4.69, 9.17) is 47.4 Å². The minimum absolute atomic E-state index is 0.523. The van der Waals surface area contributed by atoms with Gasteiger partial charge in [0.05, 0.1) is 119 Å². The maximum absolute atomic E-state index is 5.78. The average molecular weight is 688 g/mol. The summed E-state index contributed by atoms with van der Waals surface area (Å²) >= 11 is 0. The Labute approximate surface area is 292 Å². The van der Waals surface area contributed by atoms with Crippen molar-refractivity contribution < 1.29 is 47.4 Å². The summed E-state index contributed by atoms with van der Waals surface area (Å²) in [6.07, 6.45) is 10.5. The number of ether oxygens (including phenoxy) is 10. The van der Waals surface area contributed by atoms with E-state index >= 15 is 0 Å². The lowest BCUT2D eigenvalue weighted by atomic mass is 10.0. The van der Waals surface area contributed by atoms with Crippen molar-refractivity contribution in [2.75, 3.05) is 146 Å². The zero-order valence-electron chi connectivity index (χ0n) is 30.6. The van der Waals surface area contributed by atoms with Gasteiger partial charge in [-0.15, -0.1) is 0 Å². The Bertz CT molecular complexity index is 756. The molecule has 0 saturated carbocycles. The number of hydrogen-bond acceptors (Lipinski definition) is 11. The fourth-order valence-electron chi connectivity index (χ4n) is 4.37. The summed E-state index contributed by atoms with van der Waals surface area (Å²) in [6.45, 7) is 13.6. The molecule has 0 atom stereocenters. The SMILES string of the molecule is CCCCCCCCCc1ccc(OCCOCCOCCOCCOCCOCCOCCOCCOCCOCCN(C)C)cc1. The van der Waals surface area contributed by atoms with E-state index in [-0.39, 0.29) is 0 Å². The molecule has 0 saturated heterocycles. The molecule has 1 aromatic rings. The van der Waals surface area contributed by atoms with Crippen LogP contribution in [0.3, 0.4) is 0 Å². The van der Waals surface area contributed by atoms with E-state index in [1.807, 2.05) is 14.1 Å².